The topological polar surface area (TPSA) is 29.9 Å². The summed E-state index contributed by atoms with van der Waals surface area (Å²) in [5, 5.41) is 7.72. The van der Waals surface area contributed by atoms with Gasteiger partial charge in [0.2, 0.25) is 0 Å². The first-order chi connectivity index (χ1) is 8.78. The Labute approximate surface area is 115 Å². The van der Waals surface area contributed by atoms with Crippen LogP contribution in [0, 0.1) is 5.92 Å². The van der Waals surface area contributed by atoms with Crippen LogP contribution in [0.25, 0.3) is 0 Å². The van der Waals surface area contributed by atoms with Crippen LogP contribution in [-0.4, -0.2) is 34.4 Å². The number of nitrogens with zero attached hydrogens (tertiary/aromatic N) is 2. The summed E-state index contributed by atoms with van der Waals surface area (Å²) in [4.78, 5) is 0. The molecule has 0 amide bonds. The first-order valence-electron chi connectivity index (χ1n) is 7.00. The molecule has 0 saturated carbocycles. The number of thioether (sulfide) groups is 1. The van der Waals surface area contributed by atoms with Gasteiger partial charge in [-0.15, -0.1) is 0 Å². The third kappa shape index (κ3) is 4.32. The predicted octanol–water partition coefficient (Wildman–Crippen LogP) is 2.47. The molecule has 3 nitrogen and oxygen atoms in total. The van der Waals surface area contributed by atoms with Crippen molar-refractivity contribution in [1.29, 1.82) is 0 Å². The van der Waals surface area contributed by atoms with Gasteiger partial charge in [-0.05, 0) is 62.1 Å². The smallest absolute Gasteiger partial charge is 0.0521 e. The molecule has 102 valence electrons. The van der Waals surface area contributed by atoms with Crippen LogP contribution in [0.2, 0.25) is 0 Å². The maximum absolute atomic E-state index is 4.23. The molecule has 4 heteroatoms. The highest BCUT2D eigenvalue weighted by molar-refractivity contribution is 7.99. The zero-order valence-corrected chi connectivity index (χ0v) is 12.4. The fourth-order valence-electron chi connectivity index (χ4n) is 2.71. The summed E-state index contributed by atoms with van der Waals surface area (Å²) in [6.07, 6.45) is 10.7. The quantitative estimate of drug-likeness (QED) is 0.859. The summed E-state index contributed by atoms with van der Waals surface area (Å²) in [7, 11) is 4.09. The molecular weight excluding hydrogens is 242 g/mol. The lowest BCUT2D eigenvalue weighted by Crippen LogP contribution is -2.29. The van der Waals surface area contributed by atoms with Crippen molar-refractivity contribution in [3.05, 3.63) is 18.0 Å². The molecule has 1 aromatic heterocycles. The van der Waals surface area contributed by atoms with E-state index in [0.717, 1.165) is 12.3 Å². The molecule has 1 saturated heterocycles. The highest BCUT2D eigenvalue weighted by atomic mass is 32.2. The van der Waals surface area contributed by atoms with Crippen molar-refractivity contribution < 1.29 is 0 Å². The van der Waals surface area contributed by atoms with Crippen molar-refractivity contribution in [2.45, 2.75) is 38.1 Å². The molecule has 1 N–H and O–H groups in total. The Morgan fingerprint density at radius 1 is 1.50 bits per heavy atom. The molecule has 0 aliphatic carbocycles. The second kappa shape index (κ2) is 7.19. The summed E-state index contributed by atoms with van der Waals surface area (Å²) < 4.78 is 1.89. The lowest BCUT2D eigenvalue weighted by Gasteiger charge is -2.26. The van der Waals surface area contributed by atoms with E-state index in [0.29, 0.717) is 6.04 Å². The molecule has 1 aliphatic rings. The van der Waals surface area contributed by atoms with Crippen LogP contribution in [0.1, 0.15) is 31.2 Å². The molecule has 1 atom stereocenters. The number of nitrogens with one attached hydrogen (secondary N) is 1. The van der Waals surface area contributed by atoms with Gasteiger partial charge in [-0.3, -0.25) is 4.68 Å². The van der Waals surface area contributed by atoms with Crippen LogP contribution in [0.3, 0.4) is 0 Å². The lowest BCUT2D eigenvalue weighted by molar-refractivity contribution is 0.365. The van der Waals surface area contributed by atoms with E-state index in [1.165, 1.54) is 42.8 Å². The SMILES string of the molecule is CNC(CCc1cnn(C)c1)CC1CCSCC1. The molecule has 2 heterocycles. The van der Waals surface area contributed by atoms with Crippen molar-refractivity contribution in [3.8, 4) is 0 Å². The van der Waals surface area contributed by atoms with Gasteiger partial charge in [-0.1, -0.05) is 0 Å². The largest absolute Gasteiger partial charge is 0.317 e. The van der Waals surface area contributed by atoms with Crippen molar-refractivity contribution in [2.24, 2.45) is 13.0 Å². The van der Waals surface area contributed by atoms with E-state index in [1.807, 2.05) is 17.9 Å². The highest BCUT2D eigenvalue weighted by Crippen LogP contribution is 2.27. The third-order valence-corrected chi connectivity index (χ3v) is 4.96. The van der Waals surface area contributed by atoms with E-state index >= 15 is 0 Å². The summed E-state index contributed by atoms with van der Waals surface area (Å²) in [5.74, 6) is 3.67. The molecule has 1 unspecified atom stereocenters. The van der Waals surface area contributed by atoms with Gasteiger partial charge in [0.05, 0.1) is 6.20 Å². The lowest BCUT2D eigenvalue weighted by atomic mass is 9.92. The number of aryl methyl sites for hydroxylation is 2. The van der Waals surface area contributed by atoms with Crippen LogP contribution in [0.15, 0.2) is 12.4 Å². The standard InChI is InChI=1S/C14H25N3S/c1-15-14(9-12-5-7-18-8-6-12)4-3-13-10-16-17(2)11-13/h10-12,14-15H,3-9H2,1-2H3. The maximum Gasteiger partial charge on any atom is 0.0521 e. The Morgan fingerprint density at radius 2 is 2.28 bits per heavy atom. The van der Waals surface area contributed by atoms with E-state index in [4.69, 9.17) is 0 Å². The summed E-state index contributed by atoms with van der Waals surface area (Å²) in [6.45, 7) is 0. The van der Waals surface area contributed by atoms with E-state index in [2.05, 4.69) is 35.4 Å². The van der Waals surface area contributed by atoms with Crippen LogP contribution in [-0.2, 0) is 13.5 Å². The minimum atomic E-state index is 0.665. The fraction of sp³-hybridized carbons (Fsp3) is 0.786. The Hall–Kier alpha value is -0.480. The van der Waals surface area contributed by atoms with E-state index in [9.17, 15) is 0 Å². The number of hydrogen-bond acceptors (Lipinski definition) is 3. The number of rotatable bonds is 6. The summed E-state index contributed by atoms with van der Waals surface area (Å²) in [6, 6.07) is 0.665. The molecule has 1 aliphatic heterocycles. The molecule has 0 bridgehead atoms. The minimum Gasteiger partial charge on any atom is -0.317 e. The van der Waals surface area contributed by atoms with Crippen LogP contribution in [0.5, 0.6) is 0 Å². The van der Waals surface area contributed by atoms with Crippen molar-refractivity contribution in [2.75, 3.05) is 18.6 Å². The van der Waals surface area contributed by atoms with Gasteiger partial charge < -0.3 is 5.32 Å². The van der Waals surface area contributed by atoms with E-state index in [1.54, 1.807) is 0 Å². The van der Waals surface area contributed by atoms with Crippen LogP contribution in [0.4, 0.5) is 0 Å². The number of aromatic nitrogens is 2. The van der Waals surface area contributed by atoms with Gasteiger partial charge in [0.1, 0.15) is 0 Å². The number of hydrogen-bond donors (Lipinski definition) is 1. The van der Waals surface area contributed by atoms with Crippen molar-refractivity contribution in [1.82, 2.24) is 15.1 Å². The predicted molar refractivity (Wildman–Crippen MR) is 79.0 cm³/mol. The second-order valence-electron chi connectivity index (χ2n) is 5.34. The molecular formula is C14H25N3S. The molecule has 1 aromatic rings. The summed E-state index contributed by atoms with van der Waals surface area (Å²) in [5.41, 5.74) is 1.36. The highest BCUT2D eigenvalue weighted by Gasteiger charge is 2.18. The normalized spacial score (nSPS) is 19.0. The minimum absolute atomic E-state index is 0.665. The molecule has 1 fully saturated rings. The monoisotopic (exact) mass is 267 g/mol. The first kappa shape index (κ1) is 13.9. The molecule has 2 rings (SSSR count). The van der Waals surface area contributed by atoms with Crippen molar-refractivity contribution in [3.63, 3.8) is 0 Å². The summed E-state index contributed by atoms with van der Waals surface area (Å²) >= 11 is 2.11. The molecule has 0 aromatic carbocycles. The van der Waals surface area contributed by atoms with Crippen LogP contribution >= 0.6 is 11.8 Å². The second-order valence-corrected chi connectivity index (χ2v) is 6.56. The van der Waals surface area contributed by atoms with Gasteiger partial charge in [0.25, 0.3) is 0 Å². The molecule has 18 heavy (non-hydrogen) atoms. The molecule has 0 spiro atoms. The Morgan fingerprint density at radius 3 is 2.89 bits per heavy atom. The zero-order valence-electron chi connectivity index (χ0n) is 11.6. The van der Waals surface area contributed by atoms with Crippen LogP contribution < -0.4 is 5.32 Å². The Balaban J connectivity index is 1.74. The Bertz CT molecular complexity index is 345. The first-order valence-corrected chi connectivity index (χ1v) is 8.16. The van der Waals surface area contributed by atoms with Gasteiger partial charge in [0.15, 0.2) is 0 Å². The Kier molecular flexibility index (Phi) is 5.57. The van der Waals surface area contributed by atoms with Gasteiger partial charge in [0, 0.05) is 19.3 Å². The molecule has 0 radical (unpaired) electrons. The van der Waals surface area contributed by atoms with Gasteiger partial charge in [-0.25, -0.2) is 0 Å². The fourth-order valence-corrected chi connectivity index (χ4v) is 3.91. The average Bonchev–Trinajstić information content (AvgIpc) is 2.81. The van der Waals surface area contributed by atoms with Crippen molar-refractivity contribution >= 4 is 11.8 Å². The van der Waals surface area contributed by atoms with E-state index in [-0.39, 0.29) is 0 Å². The zero-order chi connectivity index (χ0) is 12.8. The maximum atomic E-state index is 4.23. The van der Waals surface area contributed by atoms with Gasteiger partial charge in [-0.2, -0.15) is 16.9 Å². The van der Waals surface area contributed by atoms with Gasteiger partial charge >= 0.3 is 0 Å². The third-order valence-electron chi connectivity index (χ3n) is 3.91. The average molecular weight is 267 g/mol. The van der Waals surface area contributed by atoms with E-state index < -0.39 is 0 Å².